The van der Waals surface area contributed by atoms with E-state index < -0.39 is 0 Å². The van der Waals surface area contributed by atoms with E-state index in [9.17, 15) is 9.59 Å². The van der Waals surface area contributed by atoms with Crippen LogP contribution >= 0.6 is 15.9 Å². The van der Waals surface area contributed by atoms with Gasteiger partial charge in [0.05, 0.1) is 10.6 Å². The third-order valence-corrected chi connectivity index (χ3v) is 4.96. The molecule has 27 heavy (non-hydrogen) atoms. The molecule has 5 nitrogen and oxygen atoms in total. The Morgan fingerprint density at radius 3 is 2.37 bits per heavy atom. The summed E-state index contributed by atoms with van der Waals surface area (Å²) in [5.74, 6) is 0.654. The summed E-state index contributed by atoms with van der Waals surface area (Å²) in [6.07, 6.45) is 1.96. The number of nitrogens with one attached hydrogen (secondary N) is 2. The van der Waals surface area contributed by atoms with Crippen molar-refractivity contribution in [3.05, 3.63) is 52.0 Å². The molecule has 2 amide bonds. The van der Waals surface area contributed by atoms with E-state index in [1.54, 1.807) is 18.2 Å². The molecule has 1 saturated carbocycles. The van der Waals surface area contributed by atoms with Crippen molar-refractivity contribution in [2.24, 2.45) is 5.92 Å². The van der Waals surface area contributed by atoms with Crippen LogP contribution in [-0.2, 0) is 4.79 Å². The molecule has 0 aliphatic heterocycles. The van der Waals surface area contributed by atoms with Crippen molar-refractivity contribution in [1.29, 1.82) is 0 Å². The molecule has 0 saturated heterocycles. The van der Waals surface area contributed by atoms with Crippen LogP contribution in [0.15, 0.2) is 40.9 Å². The Morgan fingerprint density at radius 1 is 1.11 bits per heavy atom. The Hall–Kier alpha value is -2.34. The van der Waals surface area contributed by atoms with Crippen LogP contribution in [0.2, 0.25) is 0 Å². The summed E-state index contributed by atoms with van der Waals surface area (Å²) in [7, 11) is 0. The van der Waals surface area contributed by atoms with Crippen LogP contribution in [0.5, 0.6) is 5.75 Å². The van der Waals surface area contributed by atoms with Gasteiger partial charge in [0.2, 0.25) is 5.91 Å². The van der Waals surface area contributed by atoms with Crippen LogP contribution in [0, 0.1) is 12.8 Å². The fourth-order valence-corrected chi connectivity index (χ4v) is 3.15. The minimum atomic E-state index is -0.222. The van der Waals surface area contributed by atoms with Gasteiger partial charge in [0.15, 0.2) is 0 Å². The molecular formula is C21H23BrN2O3. The zero-order valence-corrected chi connectivity index (χ0v) is 17.2. The topological polar surface area (TPSA) is 67.4 Å². The van der Waals surface area contributed by atoms with Crippen molar-refractivity contribution in [3.63, 3.8) is 0 Å². The standard InChI is InChI=1S/C21H23BrN2O3/c1-12(2)27-19-10-9-15(11-16(19)22)21(26)24-18-6-4-5-17(13(18)3)23-20(25)14-7-8-14/h4-6,9-12,14H,7-8H2,1-3H3,(H,23,25)(H,24,26). The molecule has 3 rings (SSSR count). The van der Waals surface area contributed by atoms with Crippen LogP contribution < -0.4 is 15.4 Å². The van der Waals surface area contributed by atoms with Crippen LogP contribution in [0.3, 0.4) is 0 Å². The maximum atomic E-state index is 12.6. The third-order valence-electron chi connectivity index (χ3n) is 4.34. The maximum Gasteiger partial charge on any atom is 0.255 e. The van der Waals surface area contributed by atoms with Crippen LogP contribution in [-0.4, -0.2) is 17.9 Å². The van der Waals surface area contributed by atoms with Crippen molar-refractivity contribution in [1.82, 2.24) is 0 Å². The number of amides is 2. The number of hydrogen-bond acceptors (Lipinski definition) is 3. The fraction of sp³-hybridized carbons (Fsp3) is 0.333. The highest BCUT2D eigenvalue weighted by atomic mass is 79.9. The first kappa shape index (κ1) is 19.4. The molecule has 2 N–H and O–H groups in total. The summed E-state index contributed by atoms with van der Waals surface area (Å²) in [5.41, 5.74) is 2.75. The van der Waals surface area contributed by atoms with E-state index in [1.165, 1.54) is 0 Å². The van der Waals surface area contributed by atoms with E-state index in [4.69, 9.17) is 4.74 Å². The van der Waals surface area contributed by atoms with E-state index in [2.05, 4.69) is 26.6 Å². The Morgan fingerprint density at radius 2 is 1.78 bits per heavy atom. The van der Waals surface area contributed by atoms with Gasteiger partial charge in [-0.15, -0.1) is 0 Å². The van der Waals surface area contributed by atoms with E-state index >= 15 is 0 Å². The number of rotatable bonds is 6. The summed E-state index contributed by atoms with van der Waals surface area (Å²) in [5, 5.41) is 5.87. The van der Waals surface area contributed by atoms with Crippen molar-refractivity contribution in [2.75, 3.05) is 10.6 Å². The molecule has 0 radical (unpaired) electrons. The predicted octanol–water partition coefficient (Wildman–Crippen LogP) is 5.15. The van der Waals surface area contributed by atoms with Crippen LogP contribution in [0.25, 0.3) is 0 Å². The highest BCUT2D eigenvalue weighted by Gasteiger charge is 2.29. The smallest absolute Gasteiger partial charge is 0.255 e. The molecule has 2 aromatic rings. The Bertz CT molecular complexity index is 876. The fourth-order valence-electron chi connectivity index (χ4n) is 2.67. The van der Waals surface area contributed by atoms with Gasteiger partial charge in [-0.1, -0.05) is 6.07 Å². The lowest BCUT2D eigenvalue weighted by Gasteiger charge is -2.15. The first-order valence-corrected chi connectivity index (χ1v) is 9.82. The second-order valence-corrected chi connectivity index (χ2v) is 7.86. The summed E-state index contributed by atoms with van der Waals surface area (Å²) < 4.78 is 6.40. The van der Waals surface area contributed by atoms with Gasteiger partial charge in [0.1, 0.15) is 5.75 Å². The van der Waals surface area contributed by atoms with Gasteiger partial charge in [0, 0.05) is 22.9 Å². The molecule has 0 bridgehead atoms. The van der Waals surface area contributed by atoms with Gasteiger partial charge in [-0.3, -0.25) is 9.59 Å². The van der Waals surface area contributed by atoms with Crippen LogP contribution in [0.4, 0.5) is 11.4 Å². The van der Waals surface area contributed by atoms with Gasteiger partial charge in [-0.2, -0.15) is 0 Å². The normalized spacial score (nSPS) is 13.4. The second-order valence-electron chi connectivity index (χ2n) is 7.01. The summed E-state index contributed by atoms with van der Waals surface area (Å²) in [6.45, 7) is 5.78. The zero-order valence-electron chi connectivity index (χ0n) is 15.6. The molecule has 0 heterocycles. The minimum Gasteiger partial charge on any atom is -0.490 e. The molecule has 0 unspecified atom stereocenters. The SMILES string of the molecule is Cc1c(NC(=O)c2ccc(OC(C)C)c(Br)c2)cccc1NC(=O)C1CC1. The number of carbonyl (C=O) groups is 2. The molecule has 1 aliphatic rings. The lowest BCUT2D eigenvalue weighted by molar-refractivity contribution is -0.117. The van der Waals surface area contributed by atoms with Gasteiger partial charge < -0.3 is 15.4 Å². The molecule has 0 aromatic heterocycles. The van der Waals surface area contributed by atoms with Crippen LogP contribution in [0.1, 0.15) is 42.6 Å². The molecule has 6 heteroatoms. The highest BCUT2D eigenvalue weighted by Crippen LogP contribution is 2.32. The zero-order chi connectivity index (χ0) is 19.6. The van der Waals surface area contributed by atoms with Crippen molar-refractivity contribution >= 4 is 39.1 Å². The number of benzene rings is 2. The third kappa shape index (κ3) is 4.89. The summed E-state index contributed by atoms with van der Waals surface area (Å²) in [4.78, 5) is 24.7. The first-order valence-electron chi connectivity index (χ1n) is 9.03. The number of ether oxygens (including phenoxy) is 1. The van der Waals surface area contributed by atoms with Gasteiger partial charge >= 0.3 is 0 Å². The second kappa shape index (κ2) is 8.13. The number of halogens is 1. The quantitative estimate of drug-likeness (QED) is 0.665. The number of carbonyl (C=O) groups excluding carboxylic acids is 2. The Kier molecular flexibility index (Phi) is 5.85. The van der Waals surface area contributed by atoms with Crippen molar-refractivity contribution < 1.29 is 14.3 Å². The molecule has 2 aromatic carbocycles. The largest absolute Gasteiger partial charge is 0.490 e. The average Bonchev–Trinajstić information content (AvgIpc) is 3.45. The lowest BCUT2D eigenvalue weighted by Crippen LogP contribution is -2.16. The van der Waals surface area contributed by atoms with Gasteiger partial charge in [-0.25, -0.2) is 0 Å². The summed E-state index contributed by atoms with van der Waals surface area (Å²) in [6, 6.07) is 10.7. The molecule has 1 fully saturated rings. The molecule has 142 valence electrons. The van der Waals surface area contributed by atoms with Crippen molar-refractivity contribution in [2.45, 2.75) is 39.7 Å². The monoisotopic (exact) mass is 430 g/mol. The van der Waals surface area contributed by atoms with E-state index in [-0.39, 0.29) is 23.8 Å². The van der Waals surface area contributed by atoms with Crippen molar-refractivity contribution in [3.8, 4) is 5.75 Å². The van der Waals surface area contributed by atoms with E-state index in [0.717, 1.165) is 28.6 Å². The van der Waals surface area contributed by atoms with E-state index in [1.807, 2.05) is 39.0 Å². The lowest BCUT2D eigenvalue weighted by atomic mass is 10.1. The maximum absolute atomic E-state index is 12.6. The van der Waals surface area contributed by atoms with Gasteiger partial charge in [-0.05, 0) is 85.4 Å². The Labute approximate surface area is 167 Å². The average molecular weight is 431 g/mol. The summed E-state index contributed by atoms with van der Waals surface area (Å²) >= 11 is 3.45. The molecule has 0 atom stereocenters. The number of hydrogen-bond donors (Lipinski definition) is 2. The Balaban J connectivity index is 1.74. The van der Waals surface area contributed by atoms with E-state index in [0.29, 0.717) is 17.0 Å². The first-order chi connectivity index (χ1) is 12.8. The molecule has 1 aliphatic carbocycles. The molecular weight excluding hydrogens is 408 g/mol. The minimum absolute atomic E-state index is 0.0475. The van der Waals surface area contributed by atoms with Gasteiger partial charge in [0.25, 0.3) is 5.91 Å². The highest BCUT2D eigenvalue weighted by molar-refractivity contribution is 9.10. The molecule has 0 spiro atoms. The number of anilines is 2. The predicted molar refractivity (Wildman–Crippen MR) is 110 cm³/mol.